The molecule has 2 aliphatic rings. The highest BCUT2D eigenvalue weighted by Gasteiger charge is 2.37. The number of amides is 1. The summed E-state index contributed by atoms with van der Waals surface area (Å²) in [4.78, 5) is 14.5. The topological polar surface area (TPSA) is 87.5 Å². The largest absolute Gasteiger partial charge is 0.340 e. The molecule has 0 aliphatic carbocycles. The normalized spacial score (nSPS) is 23.4. The average Bonchev–Trinajstić information content (AvgIpc) is 2.94. The second-order valence-electron chi connectivity index (χ2n) is 6.20. The van der Waals surface area contributed by atoms with Crippen LogP contribution in [0.5, 0.6) is 0 Å². The molecular formula is C14H22ClN5O3S. The molecule has 134 valence electrons. The molecule has 0 bridgehead atoms. The maximum absolute atomic E-state index is 12.9. The Kier molecular flexibility index (Phi) is 5.14. The van der Waals surface area contributed by atoms with Crippen LogP contribution < -0.4 is 5.32 Å². The van der Waals surface area contributed by atoms with E-state index in [1.54, 1.807) is 7.05 Å². The Morgan fingerprint density at radius 3 is 2.67 bits per heavy atom. The molecule has 3 rings (SSSR count). The second kappa shape index (κ2) is 6.99. The SMILES string of the molecule is Cn1ncc(Cl)c1S(=O)(=O)N1CCCC(C(=O)N2CCNCC2)C1. The highest BCUT2D eigenvalue weighted by atomic mass is 35.5. The van der Waals surface area contributed by atoms with Gasteiger partial charge >= 0.3 is 0 Å². The Balaban J connectivity index is 1.76. The molecule has 2 aliphatic heterocycles. The van der Waals surface area contributed by atoms with E-state index in [2.05, 4.69) is 10.4 Å². The lowest BCUT2D eigenvalue weighted by Gasteiger charge is -2.35. The van der Waals surface area contributed by atoms with Gasteiger partial charge in [0.15, 0.2) is 5.03 Å². The average molecular weight is 376 g/mol. The van der Waals surface area contributed by atoms with Gasteiger partial charge in [-0.1, -0.05) is 11.6 Å². The minimum atomic E-state index is -3.76. The van der Waals surface area contributed by atoms with Crippen LogP contribution in [0.3, 0.4) is 0 Å². The zero-order valence-electron chi connectivity index (χ0n) is 13.6. The van der Waals surface area contributed by atoms with Gasteiger partial charge in [0.25, 0.3) is 10.0 Å². The monoisotopic (exact) mass is 375 g/mol. The molecule has 1 unspecified atom stereocenters. The molecule has 0 saturated carbocycles. The molecule has 3 heterocycles. The van der Waals surface area contributed by atoms with Crippen LogP contribution >= 0.6 is 11.6 Å². The number of aryl methyl sites for hydroxylation is 1. The first-order valence-electron chi connectivity index (χ1n) is 8.08. The molecule has 8 nitrogen and oxygen atoms in total. The van der Waals surface area contributed by atoms with E-state index in [4.69, 9.17) is 11.6 Å². The Morgan fingerprint density at radius 1 is 1.33 bits per heavy atom. The van der Waals surface area contributed by atoms with Gasteiger partial charge in [0.1, 0.15) is 0 Å². The van der Waals surface area contributed by atoms with Gasteiger partial charge in [-0.25, -0.2) is 8.42 Å². The van der Waals surface area contributed by atoms with Gasteiger partial charge in [-0.3, -0.25) is 9.48 Å². The molecular weight excluding hydrogens is 354 g/mol. The third-order valence-electron chi connectivity index (χ3n) is 4.59. The molecule has 0 radical (unpaired) electrons. The van der Waals surface area contributed by atoms with E-state index in [1.807, 2.05) is 4.90 Å². The van der Waals surface area contributed by atoms with Crippen LogP contribution in [-0.2, 0) is 21.9 Å². The summed E-state index contributed by atoms with van der Waals surface area (Å²) in [6, 6.07) is 0. The van der Waals surface area contributed by atoms with E-state index in [1.165, 1.54) is 15.2 Å². The summed E-state index contributed by atoms with van der Waals surface area (Å²) in [6.45, 7) is 3.52. The predicted molar refractivity (Wildman–Crippen MR) is 89.2 cm³/mol. The number of nitrogens with zero attached hydrogens (tertiary/aromatic N) is 4. The molecule has 2 saturated heterocycles. The number of carbonyl (C=O) groups excluding carboxylic acids is 1. The number of nitrogens with one attached hydrogen (secondary N) is 1. The molecule has 0 aromatic carbocycles. The number of piperidine rings is 1. The summed E-state index contributed by atoms with van der Waals surface area (Å²) in [7, 11) is -2.21. The second-order valence-corrected chi connectivity index (χ2v) is 8.46. The zero-order chi connectivity index (χ0) is 17.3. The van der Waals surface area contributed by atoms with Crippen molar-refractivity contribution in [3.8, 4) is 0 Å². The zero-order valence-corrected chi connectivity index (χ0v) is 15.2. The molecule has 24 heavy (non-hydrogen) atoms. The van der Waals surface area contributed by atoms with Crippen LogP contribution in [-0.4, -0.2) is 72.6 Å². The summed E-state index contributed by atoms with van der Waals surface area (Å²) < 4.78 is 28.4. The quantitative estimate of drug-likeness (QED) is 0.797. The Bertz CT molecular complexity index is 694. The van der Waals surface area contributed by atoms with Crippen molar-refractivity contribution in [2.24, 2.45) is 13.0 Å². The smallest absolute Gasteiger partial charge is 0.261 e. The lowest BCUT2D eigenvalue weighted by atomic mass is 9.98. The van der Waals surface area contributed by atoms with Gasteiger partial charge in [0, 0.05) is 46.3 Å². The minimum absolute atomic E-state index is 0.0144. The number of rotatable bonds is 3. The van der Waals surface area contributed by atoms with Gasteiger partial charge in [-0.05, 0) is 12.8 Å². The first-order valence-corrected chi connectivity index (χ1v) is 9.90. The third kappa shape index (κ3) is 3.30. The number of halogens is 1. The molecule has 0 spiro atoms. The van der Waals surface area contributed by atoms with Gasteiger partial charge in [0.05, 0.1) is 17.1 Å². The molecule has 10 heteroatoms. The Hall–Kier alpha value is -1.16. The molecule has 1 aromatic rings. The summed E-state index contributed by atoms with van der Waals surface area (Å²) >= 11 is 6.00. The van der Waals surface area contributed by atoms with Crippen molar-refractivity contribution in [3.05, 3.63) is 11.2 Å². The number of carbonyl (C=O) groups is 1. The van der Waals surface area contributed by atoms with Gasteiger partial charge in [-0.2, -0.15) is 9.40 Å². The Morgan fingerprint density at radius 2 is 2.04 bits per heavy atom. The summed E-state index contributed by atoms with van der Waals surface area (Å²) in [5, 5.41) is 7.20. The summed E-state index contributed by atoms with van der Waals surface area (Å²) in [5.74, 6) is -0.244. The highest BCUT2D eigenvalue weighted by Crippen LogP contribution is 2.28. The van der Waals surface area contributed by atoms with E-state index < -0.39 is 10.0 Å². The maximum atomic E-state index is 12.9. The van der Waals surface area contributed by atoms with Crippen LogP contribution in [0.2, 0.25) is 5.02 Å². The molecule has 1 N–H and O–H groups in total. The molecule has 1 amide bonds. The maximum Gasteiger partial charge on any atom is 0.261 e. The van der Waals surface area contributed by atoms with Crippen LogP contribution in [0, 0.1) is 5.92 Å². The number of sulfonamides is 1. The highest BCUT2D eigenvalue weighted by molar-refractivity contribution is 7.89. The number of piperazine rings is 1. The fourth-order valence-corrected chi connectivity index (χ4v) is 5.45. The van der Waals surface area contributed by atoms with Crippen LogP contribution in [0.1, 0.15) is 12.8 Å². The van der Waals surface area contributed by atoms with Crippen LogP contribution in [0.4, 0.5) is 0 Å². The van der Waals surface area contributed by atoms with E-state index >= 15 is 0 Å². The summed E-state index contributed by atoms with van der Waals surface area (Å²) in [5.41, 5.74) is 0. The van der Waals surface area contributed by atoms with E-state index in [9.17, 15) is 13.2 Å². The van der Waals surface area contributed by atoms with Crippen molar-refractivity contribution in [1.29, 1.82) is 0 Å². The van der Waals surface area contributed by atoms with Crippen molar-refractivity contribution in [1.82, 2.24) is 24.3 Å². The van der Waals surface area contributed by atoms with Crippen molar-refractivity contribution >= 4 is 27.5 Å². The van der Waals surface area contributed by atoms with E-state index in [0.29, 0.717) is 32.5 Å². The fourth-order valence-electron chi connectivity index (χ4n) is 3.32. The Labute approximate surface area is 146 Å². The van der Waals surface area contributed by atoms with Gasteiger partial charge in [0.2, 0.25) is 5.91 Å². The van der Waals surface area contributed by atoms with Crippen molar-refractivity contribution in [2.45, 2.75) is 17.9 Å². The fraction of sp³-hybridized carbons (Fsp3) is 0.714. The standard InChI is InChI=1S/C14H22ClN5O3S/c1-18-14(12(15)9-17-18)24(22,23)20-6-2-3-11(10-20)13(21)19-7-4-16-5-8-19/h9,11,16H,2-8,10H2,1H3. The first-order chi connectivity index (χ1) is 11.4. The van der Waals surface area contributed by atoms with Crippen LogP contribution in [0.15, 0.2) is 11.2 Å². The van der Waals surface area contributed by atoms with Gasteiger partial charge < -0.3 is 10.2 Å². The van der Waals surface area contributed by atoms with Crippen LogP contribution in [0.25, 0.3) is 0 Å². The van der Waals surface area contributed by atoms with Crippen molar-refractivity contribution < 1.29 is 13.2 Å². The van der Waals surface area contributed by atoms with Crippen molar-refractivity contribution in [2.75, 3.05) is 39.3 Å². The third-order valence-corrected chi connectivity index (χ3v) is 6.96. The molecule has 1 atom stereocenters. The van der Waals surface area contributed by atoms with Crippen molar-refractivity contribution in [3.63, 3.8) is 0 Å². The minimum Gasteiger partial charge on any atom is -0.340 e. The van der Waals surface area contributed by atoms with Gasteiger partial charge in [-0.15, -0.1) is 0 Å². The first kappa shape index (κ1) is 17.7. The molecule has 2 fully saturated rings. The molecule has 1 aromatic heterocycles. The lowest BCUT2D eigenvalue weighted by Crippen LogP contribution is -2.52. The number of aromatic nitrogens is 2. The lowest BCUT2D eigenvalue weighted by molar-refractivity contribution is -0.137. The number of hydrogen-bond acceptors (Lipinski definition) is 5. The van der Waals surface area contributed by atoms with E-state index in [0.717, 1.165) is 13.1 Å². The summed E-state index contributed by atoms with van der Waals surface area (Å²) in [6.07, 6.45) is 2.70. The van der Waals surface area contributed by atoms with E-state index in [-0.39, 0.29) is 28.4 Å². The number of hydrogen-bond donors (Lipinski definition) is 1. The predicted octanol–water partition coefficient (Wildman–Crippen LogP) is -0.0940.